The van der Waals surface area contributed by atoms with Gasteiger partial charge in [0.2, 0.25) is 5.95 Å². The first-order chi connectivity index (χ1) is 12.2. The second kappa shape index (κ2) is 7.12. The van der Waals surface area contributed by atoms with Crippen LogP contribution in [-0.4, -0.2) is 27.5 Å². The lowest BCUT2D eigenvalue weighted by molar-refractivity contribution is 0.168. The Bertz CT molecular complexity index is 717. The maximum atomic E-state index is 13.4. The minimum absolute atomic E-state index is 0.385. The summed E-state index contributed by atoms with van der Waals surface area (Å²) in [6.07, 6.45) is 8.70. The zero-order valence-corrected chi connectivity index (χ0v) is 14.3. The molecule has 1 aromatic carbocycles. The average Bonchev–Trinajstić information content (AvgIpc) is 2.97. The number of hydrogen-bond donors (Lipinski definition) is 1. The topological polar surface area (TPSA) is 33.1 Å². The molecule has 6 heteroatoms. The maximum absolute atomic E-state index is 13.4. The van der Waals surface area contributed by atoms with Gasteiger partial charge >= 0.3 is 0 Å². The monoisotopic (exact) mass is 346 g/mol. The van der Waals surface area contributed by atoms with Crippen LogP contribution in [0.4, 0.5) is 20.4 Å². The molecule has 1 fully saturated rings. The zero-order chi connectivity index (χ0) is 17.2. The van der Waals surface area contributed by atoms with Crippen LogP contribution in [0.5, 0.6) is 0 Å². The molecule has 4 nitrogen and oxygen atoms in total. The molecule has 0 amide bonds. The normalized spacial score (nSPS) is 19.0. The highest BCUT2D eigenvalue weighted by Gasteiger charge is 2.23. The third-order valence-electron chi connectivity index (χ3n) is 5.32. The highest BCUT2D eigenvalue weighted by Crippen LogP contribution is 2.27. The van der Waals surface area contributed by atoms with Crippen LogP contribution >= 0.6 is 0 Å². The van der Waals surface area contributed by atoms with E-state index in [9.17, 15) is 8.78 Å². The molecule has 0 unspecified atom stereocenters. The summed E-state index contributed by atoms with van der Waals surface area (Å²) in [6.45, 7) is 3.90. The number of imidazole rings is 1. The number of rotatable bonds is 4. The smallest absolute Gasteiger partial charge is 0.207 e. The summed E-state index contributed by atoms with van der Waals surface area (Å²) in [6, 6.07) is 3.43. The first kappa shape index (κ1) is 16.5. The van der Waals surface area contributed by atoms with Crippen LogP contribution in [-0.2, 0) is 13.1 Å². The number of anilines is 2. The van der Waals surface area contributed by atoms with Gasteiger partial charge in [0.15, 0.2) is 0 Å². The average molecular weight is 346 g/mol. The lowest BCUT2D eigenvalue weighted by Gasteiger charge is -2.33. The fourth-order valence-corrected chi connectivity index (χ4v) is 4.08. The molecule has 0 atom stereocenters. The number of benzene rings is 1. The number of nitrogens with zero attached hydrogens (tertiary/aromatic N) is 3. The second-order valence-corrected chi connectivity index (χ2v) is 7.25. The molecule has 0 saturated heterocycles. The van der Waals surface area contributed by atoms with E-state index in [2.05, 4.69) is 19.8 Å². The molecule has 0 bridgehead atoms. The van der Waals surface area contributed by atoms with Crippen molar-refractivity contribution >= 4 is 11.6 Å². The fourth-order valence-electron chi connectivity index (χ4n) is 4.08. The van der Waals surface area contributed by atoms with Crippen LogP contribution in [0.3, 0.4) is 0 Å². The van der Waals surface area contributed by atoms with Crippen LogP contribution in [0.1, 0.15) is 37.8 Å². The van der Waals surface area contributed by atoms with Crippen molar-refractivity contribution in [3.8, 4) is 0 Å². The Labute approximate surface area is 146 Å². The molecule has 1 saturated carbocycles. The van der Waals surface area contributed by atoms with Gasteiger partial charge < -0.3 is 9.88 Å². The molecule has 1 aromatic heterocycles. The first-order valence-electron chi connectivity index (χ1n) is 9.17. The summed E-state index contributed by atoms with van der Waals surface area (Å²) in [5.74, 6) is 0.298. The van der Waals surface area contributed by atoms with Gasteiger partial charge in [-0.3, -0.25) is 4.90 Å². The molecule has 4 rings (SSSR count). The fraction of sp³-hybridized carbons (Fsp3) is 0.526. The summed E-state index contributed by atoms with van der Waals surface area (Å²) >= 11 is 0. The number of fused-ring (bicyclic) bond motifs is 1. The minimum atomic E-state index is -0.591. The predicted molar refractivity (Wildman–Crippen MR) is 93.7 cm³/mol. The van der Waals surface area contributed by atoms with Gasteiger partial charge in [0.05, 0.1) is 11.9 Å². The van der Waals surface area contributed by atoms with Crippen LogP contribution in [0.25, 0.3) is 0 Å². The quantitative estimate of drug-likeness (QED) is 0.896. The highest BCUT2D eigenvalue weighted by molar-refractivity contribution is 5.54. The van der Waals surface area contributed by atoms with E-state index in [0.29, 0.717) is 11.6 Å². The lowest BCUT2D eigenvalue weighted by atomic mass is 9.89. The van der Waals surface area contributed by atoms with Crippen molar-refractivity contribution in [3.05, 3.63) is 41.7 Å². The second-order valence-electron chi connectivity index (χ2n) is 7.25. The van der Waals surface area contributed by atoms with E-state index in [1.807, 2.05) is 6.20 Å². The minimum Gasteiger partial charge on any atom is -0.325 e. The number of hydrogen-bond acceptors (Lipinski definition) is 3. The Morgan fingerprint density at radius 2 is 1.80 bits per heavy atom. The molecule has 1 aliphatic heterocycles. The van der Waals surface area contributed by atoms with Gasteiger partial charge in [0, 0.05) is 37.9 Å². The molecule has 1 N–H and O–H groups in total. The standard InChI is InChI=1S/C19H24F2N4/c20-15-8-16(21)10-17(9-15)23-19-22-11-18-13-24(6-7-25(18)19)12-14-4-2-1-3-5-14/h8-11,14H,1-7,12-13H2,(H,22,23). The summed E-state index contributed by atoms with van der Waals surface area (Å²) in [5, 5.41) is 3.04. The van der Waals surface area contributed by atoms with E-state index in [4.69, 9.17) is 0 Å². The van der Waals surface area contributed by atoms with Crippen LogP contribution in [0, 0.1) is 17.6 Å². The van der Waals surface area contributed by atoms with E-state index in [1.165, 1.54) is 50.8 Å². The lowest BCUT2D eigenvalue weighted by Crippen LogP contribution is -2.37. The van der Waals surface area contributed by atoms with Gasteiger partial charge in [-0.15, -0.1) is 0 Å². The third-order valence-corrected chi connectivity index (χ3v) is 5.32. The molecule has 1 aliphatic carbocycles. The molecule has 2 aromatic rings. The van der Waals surface area contributed by atoms with Crippen molar-refractivity contribution in [1.29, 1.82) is 0 Å². The van der Waals surface area contributed by atoms with Gasteiger partial charge in [-0.1, -0.05) is 19.3 Å². The van der Waals surface area contributed by atoms with Gasteiger partial charge in [0.25, 0.3) is 0 Å². The highest BCUT2D eigenvalue weighted by atomic mass is 19.1. The van der Waals surface area contributed by atoms with Gasteiger partial charge in [-0.2, -0.15) is 0 Å². The van der Waals surface area contributed by atoms with Gasteiger partial charge in [-0.05, 0) is 30.9 Å². The SMILES string of the molecule is Fc1cc(F)cc(Nc2ncc3n2CCN(CC2CCCCC2)C3)c1. The first-order valence-corrected chi connectivity index (χ1v) is 9.17. The molecule has 2 aliphatic rings. The van der Waals surface area contributed by atoms with E-state index >= 15 is 0 Å². The summed E-state index contributed by atoms with van der Waals surface area (Å²) in [5.41, 5.74) is 1.54. The summed E-state index contributed by atoms with van der Waals surface area (Å²) in [7, 11) is 0. The summed E-state index contributed by atoms with van der Waals surface area (Å²) in [4.78, 5) is 6.93. The Kier molecular flexibility index (Phi) is 4.70. The van der Waals surface area contributed by atoms with Crippen molar-refractivity contribution in [2.45, 2.75) is 45.2 Å². The summed E-state index contributed by atoms with van der Waals surface area (Å²) < 4.78 is 28.8. The molecular weight excluding hydrogens is 322 g/mol. The third kappa shape index (κ3) is 3.84. The van der Waals surface area contributed by atoms with E-state index in [-0.39, 0.29) is 0 Å². The number of nitrogens with one attached hydrogen (secondary N) is 1. The van der Waals surface area contributed by atoms with Gasteiger partial charge in [-0.25, -0.2) is 13.8 Å². The molecular formula is C19H24F2N4. The van der Waals surface area contributed by atoms with Crippen LogP contribution in [0.2, 0.25) is 0 Å². The van der Waals surface area contributed by atoms with Crippen LogP contribution in [0.15, 0.2) is 24.4 Å². The maximum Gasteiger partial charge on any atom is 0.207 e. The predicted octanol–water partition coefficient (Wildman–Crippen LogP) is 4.30. The van der Waals surface area contributed by atoms with Gasteiger partial charge in [0.1, 0.15) is 11.6 Å². The van der Waals surface area contributed by atoms with Crippen molar-refractivity contribution in [3.63, 3.8) is 0 Å². The molecule has 2 heterocycles. The van der Waals surface area contributed by atoms with Crippen molar-refractivity contribution < 1.29 is 8.78 Å². The largest absolute Gasteiger partial charge is 0.325 e. The van der Waals surface area contributed by atoms with E-state index in [1.54, 1.807) is 0 Å². The Morgan fingerprint density at radius 1 is 1.04 bits per heavy atom. The van der Waals surface area contributed by atoms with Crippen molar-refractivity contribution in [2.24, 2.45) is 5.92 Å². The van der Waals surface area contributed by atoms with E-state index < -0.39 is 11.6 Å². The zero-order valence-electron chi connectivity index (χ0n) is 14.3. The molecule has 0 spiro atoms. The molecule has 134 valence electrons. The Morgan fingerprint density at radius 3 is 2.56 bits per heavy atom. The Hall–Kier alpha value is -1.95. The van der Waals surface area contributed by atoms with E-state index in [0.717, 1.165) is 37.3 Å². The molecule has 0 radical (unpaired) electrons. The Balaban J connectivity index is 1.43. The molecule has 25 heavy (non-hydrogen) atoms. The van der Waals surface area contributed by atoms with Crippen LogP contribution < -0.4 is 5.32 Å². The number of aromatic nitrogens is 2. The number of halogens is 2. The van der Waals surface area contributed by atoms with Crippen molar-refractivity contribution in [2.75, 3.05) is 18.4 Å². The van der Waals surface area contributed by atoms with Crippen molar-refractivity contribution in [1.82, 2.24) is 14.5 Å².